The van der Waals surface area contributed by atoms with Gasteiger partial charge in [-0.2, -0.15) is 0 Å². The van der Waals surface area contributed by atoms with Gasteiger partial charge in [0, 0.05) is 16.8 Å². The van der Waals surface area contributed by atoms with Crippen molar-refractivity contribution in [1.82, 2.24) is 0 Å². The average molecular weight is 258 g/mol. The summed E-state index contributed by atoms with van der Waals surface area (Å²) >= 11 is 7.63. The molecule has 0 radical (unpaired) electrons. The molecule has 1 heterocycles. The third kappa shape index (κ3) is 2.61. The van der Waals surface area contributed by atoms with Crippen molar-refractivity contribution < 1.29 is 0 Å². The lowest BCUT2D eigenvalue weighted by Crippen LogP contribution is -2.51. The lowest BCUT2D eigenvalue weighted by atomic mass is 9.68. The summed E-state index contributed by atoms with van der Waals surface area (Å²) in [6, 6.07) is 4.09. The summed E-state index contributed by atoms with van der Waals surface area (Å²) in [5.41, 5.74) is 6.58. The van der Waals surface area contributed by atoms with E-state index in [4.69, 9.17) is 17.3 Å². The van der Waals surface area contributed by atoms with Crippen LogP contribution in [0.1, 0.15) is 38.0 Å². The molecular formula is C13H20ClNS. The second kappa shape index (κ2) is 4.67. The van der Waals surface area contributed by atoms with Crippen molar-refractivity contribution in [2.24, 2.45) is 17.6 Å². The van der Waals surface area contributed by atoms with E-state index in [2.05, 4.69) is 19.9 Å². The highest BCUT2D eigenvalue weighted by molar-refractivity contribution is 7.16. The zero-order chi connectivity index (χ0) is 11.8. The van der Waals surface area contributed by atoms with Gasteiger partial charge in [-0.25, -0.2) is 0 Å². The van der Waals surface area contributed by atoms with Crippen molar-refractivity contribution in [1.29, 1.82) is 0 Å². The van der Waals surface area contributed by atoms with Crippen LogP contribution in [0, 0.1) is 11.8 Å². The van der Waals surface area contributed by atoms with Crippen molar-refractivity contribution in [2.45, 2.75) is 45.1 Å². The Hall–Kier alpha value is -0.0500. The molecule has 1 aromatic heterocycles. The summed E-state index contributed by atoms with van der Waals surface area (Å²) in [6.07, 6.45) is 4.71. The van der Waals surface area contributed by atoms with Crippen LogP contribution in [0.25, 0.3) is 0 Å². The van der Waals surface area contributed by atoms with Gasteiger partial charge in [0.25, 0.3) is 0 Å². The Balaban J connectivity index is 2.11. The summed E-state index contributed by atoms with van der Waals surface area (Å²) in [6.45, 7) is 4.61. The molecule has 0 bridgehead atoms. The van der Waals surface area contributed by atoms with Crippen LogP contribution in [0.15, 0.2) is 12.1 Å². The second-order valence-electron chi connectivity index (χ2n) is 5.40. The van der Waals surface area contributed by atoms with Gasteiger partial charge in [0.2, 0.25) is 0 Å². The van der Waals surface area contributed by atoms with Crippen LogP contribution in [0.2, 0.25) is 4.34 Å². The van der Waals surface area contributed by atoms with Crippen LogP contribution in [0.4, 0.5) is 0 Å². The summed E-state index contributed by atoms with van der Waals surface area (Å²) < 4.78 is 0.870. The van der Waals surface area contributed by atoms with E-state index in [0.717, 1.165) is 23.1 Å². The molecule has 0 saturated heterocycles. The van der Waals surface area contributed by atoms with Crippen LogP contribution in [-0.2, 0) is 6.42 Å². The van der Waals surface area contributed by atoms with Crippen LogP contribution in [0.3, 0.4) is 0 Å². The van der Waals surface area contributed by atoms with Gasteiger partial charge in [0.05, 0.1) is 4.34 Å². The molecule has 0 aliphatic heterocycles. The molecule has 0 amide bonds. The molecule has 0 spiro atoms. The third-order valence-electron chi connectivity index (χ3n) is 3.93. The smallest absolute Gasteiger partial charge is 0.0931 e. The third-order valence-corrected chi connectivity index (χ3v) is 5.17. The number of halogens is 1. The lowest BCUT2D eigenvalue weighted by molar-refractivity contribution is 0.162. The quantitative estimate of drug-likeness (QED) is 0.848. The van der Waals surface area contributed by atoms with Crippen LogP contribution in [-0.4, -0.2) is 5.54 Å². The van der Waals surface area contributed by atoms with Gasteiger partial charge in [-0.1, -0.05) is 31.9 Å². The first kappa shape index (κ1) is 12.4. The molecule has 1 saturated carbocycles. The molecule has 16 heavy (non-hydrogen) atoms. The predicted molar refractivity (Wildman–Crippen MR) is 72.1 cm³/mol. The first-order valence-electron chi connectivity index (χ1n) is 6.03. The second-order valence-corrected chi connectivity index (χ2v) is 7.20. The minimum absolute atomic E-state index is 0.0220. The van der Waals surface area contributed by atoms with E-state index in [9.17, 15) is 0 Å². The zero-order valence-electron chi connectivity index (χ0n) is 10.0. The fourth-order valence-corrected chi connectivity index (χ4v) is 4.02. The molecule has 2 rings (SSSR count). The zero-order valence-corrected chi connectivity index (χ0v) is 11.6. The van der Waals surface area contributed by atoms with Gasteiger partial charge < -0.3 is 5.73 Å². The van der Waals surface area contributed by atoms with Crippen molar-refractivity contribution in [3.63, 3.8) is 0 Å². The maximum atomic E-state index is 6.60. The molecule has 1 aliphatic carbocycles. The summed E-state index contributed by atoms with van der Waals surface area (Å²) in [5.74, 6) is 1.38. The van der Waals surface area contributed by atoms with E-state index in [0.29, 0.717) is 5.92 Å². The standard InChI is InChI=1S/C13H20ClNS/c1-9-3-4-10(2)13(15,7-9)8-11-5-6-12(14)16-11/h5-6,9-10H,3-4,7-8,15H2,1-2H3. The van der Waals surface area contributed by atoms with Crippen LogP contribution >= 0.6 is 22.9 Å². The van der Waals surface area contributed by atoms with E-state index < -0.39 is 0 Å². The fourth-order valence-electron chi connectivity index (χ4n) is 2.79. The molecule has 3 atom stereocenters. The van der Waals surface area contributed by atoms with Gasteiger partial charge in [-0.05, 0) is 36.8 Å². The highest BCUT2D eigenvalue weighted by Gasteiger charge is 2.37. The van der Waals surface area contributed by atoms with Gasteiger partial charge in [-0.3, -0.25) is 0 Å². The van der Waals surface area contributed by atoms with Gasteiger partial charge in [-0.15, -0.1) is 11.3 Å². The van der Waals surface area contributed by atoms with Gasteiger partial charge in [0.1, 0.15) is 0 Å². The monoisotopic (exact) mass is 257 g/mol. The molecule has 3 heteroatoms. The van der Waals surface area contributed by atoms with E-state index in [1.807, 2.05) is 6.07 Å². The van der Waals surface area contributed by atoms with E-state index in [1.165, 1.54) is 17.7 Å². The summed E-state index contributed by atoms with van der Waals surface area (Å²) in [5, 5.41) is 0. The van der Waals surface area contributed by atoms with E-state index in [1.54, 1.807) is 11.3 Å². The first-order valence-corrected chi connectivity index (χ1v) is 7.22. The minimum Gasteiger partial charge on any atom is -0.325 e. The van der Waals surface area contributed by atoms with E-state index in [-0.39, 0.29) is 5.54 Å². The Kier molecular flexibility index (Phi) is 3.62. The topological polar surface area (TPSA) is 26.0 Å². The SMILES string of the molecule is CC1CCC(C)C(N)(Cc2ccc(Cl)s2)C1. The molecule has 1 aliphatic rings. The summed E-state index contributed by atoms with van der Waals surface area (Å²) in [4.78, 5) is 1.33. The normalized spacial score (nSPS) is 35.2. The number of thiophene rings is 1. The molecular weight excluding hydrogens is 238 g/mol. The molecule has 1 fully saturated rings. The van der Waals surface area contributed by atoms with Crippen LogP contribution in [0.5, 0.6) is 0 Å². The molecule has 3 unspecified atom stereocenters. The fraction of sp³-hybridized carbons (Fsp3) is 0.692. The number of nitrogens with two attached hydrogens (primary N) is 1. The Bertz CT molecular complexity index is 363. The van der Waals surface area contributed by atoms with Crippen molar-refractivity contribution >= 4 is 22.9 Å². The Morgan fingerprint density at radius 1 is 1.44 bits per heavy atom. The Morgan fingerprint density at radius 2 is 2.19 bits per heavy atom. The Morgan fingerprint density at radius 3 is 2.81 bits per heavy atom. The van der Waals surface area contributed by atoms with Crippen molar-refractivity contribution in [3.8, 4) is 0 Å². The number of rotatable bonds is 2. The highest BCUT2D eigenvalue weighted by atomic mass is 35.5. The highest BCUT2D eigenvalue weighted by Crippen LogP contribution is 2.38. The van der Waals surface area contributed by atoms with Crippen LogP contribution < -0.4 is 5.73 Å². The number of hydrogen-bond donors (Lipinski definition) is 1. The Labute approximate surface area is 107 Å². The maximum Gasteiger partial charge on any atom is 0.0931 e. The van der Waals surface area contributed by atoms with Gasteiger partial charge >= 0.3 is 0 Å². The number of hydrogen-bond acceptors (Lipinski definition) is 2. The van der Waals surface area contributed by atoms with Gasteiger partial charge in [0.15, 0.2) is 0 Å². The molecule has 2 N–H and O–H groups in total. The van der Waals surface area contributed by atoms with Crippen molar-refractivity contribution in [2.75, 3.05) is 0 Å². The molecule has 1 nitrogen and oxygen atoms in total. The van der Waals surface area contributed by atoms with Crippen molar-refractivity contribution in [3.05, 3.63) is 21.3 Å². The first-order chi connectivity index (χ1) is 7.49. The maximum absolute atomic E-state index is 6.60. The lowest BCUT2D eigenvalue weighted by Gasteiger charge is -2.42. The molecule has 90 valence electrons. The largest absolute Gasteiger partial charge is 0.325 e. The minimum atomic E-state index is -0.0220. The predicted octanol–water partition coefficient (Wildman–Crippen LogP) is 4.10. The molecule has 0 aromatic carbocycles. The average Bonchev–Trinajstić information content (AvgIpc) is 2.58. The summed E-state index contributed by atoms with van der Waals surface area (Å²) in [7, 11) is 0. The van der Waals surface area contributed by atoms with E-state index >= 15 is 0 Å². The molecule has 1 aromatic rings.